The largest absolute Gasteiger partial charge is 0.383 e. The van der Waals surface area contributed by atoms with Gasteiger partial charge >= 0.3 is 0 Å². The van der Waals surface area contributed by atoms with Gasteiger partial charge in [-0.05, 0) is 6.92 Å². The summed E-state index contributed by atoms with van der Waals surface area (Å²) in [5, 5.41) is 12.1. The lowest BCUT2D eigenvalue weighted by Crippen LogP contribution is -2.06. The van der Waals surface area contributed by atoms with Gasteiger partial charge in [0.2, 0.25) is 5.13 Å². The third kappa shape index (κ3) is 5.15. The molecule has 0 unspecified atom stereocenters. The third-order valence-electron chi connectivity index (χ3n) is 1.43. The van der Waals surface area contributed by atoms with Gasteiger partial charge in [-0.25, -0.2) is 0 Å². The fourth-order valence-corrected chi connectivity index (χ4v) is 2.41. The Labute approximate surface area is 98.1 Å². The molecule has 0 atom stereocenters. The minimum absolute atomic E-state index is 0.674. The van der Waals surface area contributed by atoms with E-state index in [0.29, 0.717) is 6.61 Å². The van der Waals surface area contributed by atoms with Crippen molar-refractivity contribution in [1.29, 1.82) is 0 Å². The van der Waals surface area contributed by atoms with Crippen molar-refractivity contribution in [2.45, 2.75) is 11.3 Å². The summed E-state index contributed by atoms with van der Waals surface area (Å²) in [5.74, 6) is 0.896. The Morgan fingerprint density at radius 1 is 1.60 bits per heavy atom. The number of rotatable bonds is 7. The summed E-state index contributed by atoms with van der Waals surface area (Å²) >= 11 is 3.22. The molecule has 0 amide bonds. The lowest BCUT2D eigenvalue weighted by atomic mass is 10.4. The van der Waals surface area contributed by atoms with E-state index in [0.717, 1.165) is 27.3 Å². The van der Waals surface area contributed by atoms with E-state index in [1.807, 2.05) is 6.92 Å². The number of hydrogen-bond acceptors (Lipinski definition) is 6. The molecule has 0 radical (unpaired) electrons. The van der Waals surface area contributed by atoms with E-state index in [2.05, 4.69) is 22.1 Å². The summed E-state index contributed by atoms with van der Waals surface area (Å²) in [6, 6.07) is 0. The monoisotopic (exact) mass is 245 g/mol. The molecule has 84 valence electrons. The van der Waals surface area contributed by atoms with Crippen LogP contribution in [0.3, 0.4) is 0 Å². The van der Waals surface area contributed by atoms with Crippen LogP contribution in [0.25, 0.3) is 0 Å². The Morgan fingerprint density at radius 2 is 2.40 bits per heavy atom. The molecule has 15 heavy (non-hydrogen) atoms. The molecule has 0 fully saturated rings. The number of hydrogen-bond donors (Lipinski definition) is 1. The number of thioether (sulfide) groups is 1. The first-order valence-electron chi connectivity index (χ1n) is 4.56. The first-order chi connectivity index (χ1) is 7.22. The molecule has 1 aromatic rings. The fraction of sp³-hybridized carbons (Fsp3) is 0.556. The molecule has 6 heteroatoms. The lowest BCUT2D eigenvalue weighted by Gasteiger charge is -1.98. The summed E-state index contributed by atoms with van der Waals surface area (Å²) in [6.07, 6.45) is 0. The highest BCUT2D eigenvalue weighted by molar-refractivity contribution is 8.01. The Kier molecular flexibility index (Phi) is 5.67. The predicted octanol–water partition coefficient (Wildman–Crippen LogP) is 2.26. The highest BCUT2D eigenvalue weighted by Crippen LogP contribution is 2.26. The maximum Gasteiger partial charge on any atom is 0.206 e. The topological polar surface area (TPSA) is 47.0 Å². The lowest BCUT2D eigenvalue weighted by molar-refractivity contribution is 0.211. The molecular weight excluding hydrogens is 230 g/mol. The van der Waals surface area contributed by atoms with Gasteiger partial charge in [0.05, 0.1) is 6.61 Å². The molecule has 1 N–H and O–H groups in total. The smallest absolute Gasteiger partial charge is 0.206 e. The second-order valence-corrected chi connectivity index (χ2v) is 5.24. The van der Waals surface area contributed by atoms with Crippen molar-refractivity contribution in [3.8, 4) is 0 Å². The summed E-state index contributed by atoms with van der Waals surface area (Å²) < 4.78 is 5.90. The van der Waals surface area contributed by atoms with E-state index in [4.69, 9.17) is 4.74 Å². The summed E-state index contributed by atoms with van der Waals surface area (Å²) in [4.78, 5) is 0. The summed E-state index contributed by atoms with van der Waals surface area (Å²) in [6.45, 7) is 7.28. The van der Waals surface area contributed by atoms with E-state index in [1.165, 1.54) is 0 Å². The molecule has 1 heterocycles. The van der Waals surface area contributed by atoms with Crippen molar-refractivity contribution >= 4 is 28.2 Å². The Balaban J connectivity index is 2.32. The summed E-state index contributed by atoms with van der Waals surface area (Å²) in [7, 11) is 1.68. The fourth-order valence-electron chi connectivity index (χ4n) is 0.784. The normalized spacial score (nSPS) is 10.3. The van der Waals surface area contributed by atoms with Crippen molar-refractivity contribution in [2.75, 3.05) is 31.3 Å². The first-order valence-corrected chi connectivity index (χ1v) is 6.36. The molecule has 4 nitrogen and oxygen atoms in total. The van der Waals surface area contributed by atoms with Gasteiger partial charge in [-0.2, -0.15) is 0 Å². The van der Waals surface area contributed by atoms with Crippen LogP contribution in [-0.4, -0.2) is 36.2 Å². The van der Waals surface area contributed by atoms with Crippen LogP contribution < -0.4 is 5.32 Å². The molecule has 0 saturated carbocycles. The highest BCUT2D eigenvalue weighted by Gasteiger charge is 2.03. The van der Waals surface area contributed by atoms with Gasteiger partial charge in [-0.15, -0.1) is 10.2 Å². The molecule has 0 bridgehead atoms. The maximum absolute atomic E-state index is 4.93. The van der Waals surface area contributed by atoms with Crippen LogP contribution in [-0.2, 0) is 4.74 Å². The minimum atomic E-state index is 0.674. The van der Waals surface area contributed by atoms with E-state index >= 15 is 0 Å². The van der Waals surface area contributed by atoms with Gasteiger partial charge in [-0.1, -0.05) is 35.3 Å². The second kappa shape index (κ2) is 6.81. The molecule has 0 aromatic carbocycles. The van der Waals surface area contributed by atoms with Crippen LogP contribution in [0.2, 0.25) is 0 Å². The number of nitrogens with zero attached hydrogens (tertiary/aromatic N) is 2. The molecule has 1 rings (SSSR count). The van der Waals surface area contributed by atoms with Crippen molar-refractivity contribution in [1.82, 2.24) is 10.2 Å². The van der Waals surface area contributed by atoms with Gasteiger partial charge in [-0.3, -0.25) is 0 Å². The number of methoxy groups -OCH3 is 1. The van der Waals surface area contributed by atoms with Crippen molar-refractivity contribution in [3.05, 3.63) is 12.2 Å². The van der Waals surface area contributed by atoms with E-state index in [1.54, 1.807) is 30.2 Å². The molecule has 1 aromatic heterocycles. The van der Waals surface area contributed by atoms with Gasteiger partial charge in [0.25, 0.3) is 0 Å². The van der Waals surface area contributed by atoms with Crippen LogP contribution in [0.4, 0.5) is 5.13 Å². The van der Waals surface area contributed by atoms with Gasteiger partial charge in [0, 0.05) is 19.4 Å². The third-order valence-corrected chi connectivity index (χ3v) is 3.68. The van der Waals surface area contributed by atoms with E-state index < -0.39 is 0 Å². The van der Waals surface area contributed by atoms with Gasteiger partial charge in [0.1, 0.15) is 0 Å². The Bertz CT molecular complexity index is 314. The average Bonchev–Trinajstić information content (AvgIpc) is 2.63. The zero-order chi connectivity index (χ0) is 11.1. The van der Waals surface area contributed by atoms with Crippen LogP contribution in [0, 0.1) is 0 Å². The van der Waals surface area contributed by atoms with Crippen LogP contribution in [0.5, 0.6) is 0 Å². The Morgan fingerprint density at radius 3 is 3.07 bits per heavy atom. The zero-order valence-corrected chi connectivity index (χ0v) is 10.6. The molecule has 0 aliphatic carbocycles. The van der Waals surface area contributed by atoms with Crippen LogP contribution in [0.15, 0.2) is 16.5 Å². The number of aromatic nitrogens is 2. The van der Waals surface area contributed by atoms with Crippen LogP contribution in [0.1, 0.15) is 6.92 Å². The SMILES string of the molecule is C=C(C)CSc1nnc(NCCOC)s1. The van der Waals surface area contributed by atoms with Crippen molar-refractivity contribution in [2.24, 2.45) is 0 Å². The molecule has 0 saturated heterocycles. The standard InChI is InChI=1S/C9H15N3OS2/c1-7(2)6-14-9-12-11-8(15-9)10-4-5-13-3/h1,4-6H2,2-3H3,(H,10,11). The zero-order valence-electron chi connectivity index (χ0n) is 8.95. The molecule has 0 aliphatic heterocycles. The van der Waals surface area contributed by atoms with E-state index in [-0.39, 0.29) is 0 Å². The number of nitrogens with one attached hydrogen (secondary N) is 1. The van der Waals surface area contributed by atoms with Crippen molar-refractivity contribution < 1.29 is 4.74 Å². The first kappa shape index (κ1) is 12.5. The number of ether oxygens (including phenoxy) is 1. The van der Waals surface area contributed by atoms with Gasteiger partial charge < -0.3 is 10.1 Å². The average molecular weight is 245 g/mol. The molecule has 0 aliphatic rings. The predicted molar refractivity (Wildman–Crippen MR) is 65.8 cm³/mol. The van der Waals surface area contributed by atoms with E-state index in [9.17, 15) is 0 Å². The Hall–Kier alpha value is -0.590. The summed E-state index contributed by atoms with van der Waals surface area (Å²) in [5.41, 5.74) is 1.14. The minimum Gasteiger partial charge on any atom is -0.383 e. The second-order valence-electron chi connectivity index (χ2n) is 3.04. The van der Waals surface area contributed by atoms with Gasteiger partial charge in [0.15, 0.2) is 4.34 Å². The number of anilines is 1. The maximum atomic E-state index is 4.93. The molecule has 0 spiro atoms. The van der Waals surface area contributed by atoms with Crippen LogP contribution >= 0.6 is 23.1 Å². The highest BCUT2D eigenvalue weighted by atomic mass is 32.2. The molecular formula is C9H15N3OS2. The quantitative estimate of drug-likeness (QED) is 0.453. The van der Waals surface area contributed by atoms with Crippen molar-refractivity contribution in [3.63, 3.8) is 0 Å².